The van der Waals surface area contributed by atoms with Crippen LogP contribution in [0.3, 0.4) is 0 Å². The number of rotatable bonds is 5. The zero-order chi connectivity index (χ0) is 15.6. The van der Waals surface area contributed by atoms with Gasteiger partial charge in [-0.15, -0.1) is 0 Å². The van der Waals surface area contributed by atoms with Crippen molar-refractivity contribution in [2.75, 3.05) is 19.6 Å². The number of imide groups is 1. The van der Waals surface area contributed by atoms with Gasteiger partial charge in [0.15, 0.2) is 0 Å². The number of carbonyl (C=O) groups excluding carboxylic acids is 2. The van der Waals surface area contributed by atoms with Crippen molar-refractivity contribution in [3.8, 4) is 0 Å². The Bertz CT molecular complexity index is 544. The van der Waals surface area contributed by atoms with Crippen molar-refractivity contribution in [2.24, 2.45) is 0 Å². The highest BCUT2D eigenvalue weighted by Crippen LogP contribution is 2.40. The highest BCUT2D eigenvalue weighted by atomic mass is 16.2. The molecule has 0 aromatic heterocycles. The number of carbonyl (C=O) groups is 2. The van der Waals surface area contributed by atoms with Crippen LogP contribution in [0.1, 0.15) is 31.7 Å². The third-order valence-corrected chi connectivity index (χ3v) is 4.92. The van der Waals surface area contributed by atoms with Crippen LogP contribution in [-0.4, -0.2) is 42.5 Å². The molecule has 22 heavy (non-hydrogen) atoms. The number of amides is 3. The van der Waals surface area contributed by atoms with Crippen LogP contribution in [0.5, 0.6) is 0 Å². The molecule has 1 aromatic carbocycles. The molecule has 2 N–H and O–H groups in total. The fraction of sp³-hybridized carbons (Fsp3) is 0.529. The normalized spacial score (nSPS) is 28.2. The monoisotopic (exact) mass is 301 g/mol. The highest BCUT2D eigenvalue weighted by Gasteiger charge is 2.36. The molecule has 0 bridgehead atoms. The van der Waals surface area contributed by atoms with Crippen molar-refractivity contribution in [2.45, 2.75) is 37.6 Å². The second-order valence-electron chi connectivity index (χ2n) is 6.52. The van der Waals surface area contributed by atoms with E-state index in [1.165, 1.54) is 10.5 Å². The molecule has 2 aliphatic rings. The van der Waals surface area contributed by atoms with Crippen molar-refractivity contribution in [1.82, 2.24) is 15.5 Å². The summed E-state index contributed by atoms with van der Waals surface area (Å²) in [5, 5.41) is 6.04. The average Bonchev–Trinajstić information content (AvgIpc) is 3.06. The van der Waals surface area contributed by atoms with Crippen LogP contribution >= 0.6 is 0 Å². The predicted molar refractivity (Wildman–Crippen MR) is 84.5 cm³/mol. The maximum Gasteiger partial charge on any atom is 0.324 e. The van der Waals surface area contributed by atoms with Crippen molar-refractivity contribution in [3.63, 3.8) is 0 Å². The molecule has 5 heteroatoms. The Kier molecular flexibility index (Phi) is 4.16. The van der Waals surface area contributed by atoms with E-state index in [1.54, 1.807) is 0 Å². The molecule has 1 heterocycles. The van der Waals surface area contributed by atoms with E-state index in [1.807, 2.05) is 0 Å². The standard InChI is InChI=1S/C17H23N3O2/c1-17(13-5-3-2-4-6-13)8-7-14(11-17)18-9-10-20-15(21)12-19-16(20)22/h2-6,14,18H,7-12H2,1H3,(H,19,22). The van der Waals surface area contributed by atoms with Gasteiger partial charge in [-0.25, -0.2) is 4.79 Å². The Balaban J connectivity index is 1.49. The Labute approximate surface area is 131 Å². The molecule has 1 aliphatic heterocycles. The van der Waals surface area contributed by atoms with Crippen molar-refractivity contribution in [3.05, 3.63) is 35.9 Å². The largest absolute Gasteiger partial charge is 0.329 e. The lowest BCUT2D eigenvalue weighted by Crippen LogP contribution is -2.39. The van der Waals surface area contributed by atoms with Crippen LogP contribution in [0.4, 0.5) is 4.79 Å². The highest BCUT2D eigenvalue weighted by molar-refractivity contribution is 6.01. The van der Waals surface area contributed by atoms with Gasteiger partial charge in [0.2, 0.25) is 5.91 Å². The number of nitrogens with one attached hydrogen (secondary N) is 2. The lowest BCUT2D eigenvalue weighted by Gasteiger charge is -2.25. The Morgan fingerprint density at radius 1 is 1.32 bits per heavy atom. The van der Waals surface area contributed by atoms with Gasteiger partial charge >= 0.3 is 6.03 Å². The molecule has 2 atom stereocenters. The Morgan fingerprint density at radius 3 is 2.77 bits per heavy atom. The molecule has 118 valence electrons. The summed E-state index contributed by atoms with van der Waals surface area (Å²) in [6, 6.07) is 10.8. The first-order valence-electron chi connectivity index (χ1n) is 7.96. The third kappa shape index (κ3) is 2.99. The maximum absolute atomic E-state index is 11.5. The Morgan fingerprint density at radius 2 is 2.09 bits per heavy atom. The quantitative estimate of drug-likeness (QED) is 0.813. The van der Waals surface area contributed by atoms with E-state index in [0.29, 0.717) is 19.1 Å². The SMILES string of the molecule is CC1(c2ccccc2)CCC(NCCN2C(=O)CNC2=O)C1. The fourth-order valence-electron chi connectivity index (χ4n) is 3.58. The summed E-state index contributed by atoms with van der Waals surface area (Å²) in [5.74, 6) is -0.132. The predicted octanol–water partition coefficient (Wildman–Crippen LogP) is 1.64. The zero-order valence-corrected chi connectivity index (χ0v) is 13.0. The second kappa shape index (κ2) is 6.08. The van der Waals surface area contributed by atoms with Crippen LogP contribution in [0.15, 0.2) is 30.3 Å². The van der Waals surface area contributed by atoms with Gasteiger partial charge in [-0.05, 0) is 30.2 Å². The number of hydrogen-bond donors (Lipinski definition) is 2. The van der Waals surface area contributed by atoms with E-state index in [-0.39, 0.29) is 23.9 Å². The minimum absolute atomic E-state index is 0.132. The molecule has 0 radical (unpaired) electrons. The molecule has 1 saturated carbocycles. The average molecular weight is 301 g/mol. The summed E-state index contributed by atoms with van der Waals surface area (Å²) < 4.78 is 0. The van der Waals surface area contributed by atoms with Gasteiger partial charge in [0.25, 0.3) is 0 Å². The van der Waals surface area contributed by atoms with Crippen LogP contribution in [-0.2, 0) is 10.2 Å². The minimum atomic E-state index is -0.271. The van der Waals surface area contributed by atoms with Gasteiger partial charge in [0.1, 0.15) is 0 Å². The minimum Gasteiger partial charge on any atom is -0.329 e. The molecule has 0 spiro atoms. The van der Waals surface area contributed by atoms with E-state index in [4.69, 9.17) is 0 Å². The molecule has 2 fully saturated rings. The molecular formula is C17H23N3O2. The smallest absolute Gasteiger partial charge is 0.324 e. The van der Waals surface area contributed by atoms with Gasteiger partial charge in [-0.2, -0.15) is 0 Å². The van der Waals surface area contributed by atoms with Crippen molar-refractivity contribution in [1.29, 1.82) is 0 Å². The summed E-state index contributed by atoms with van der Waals surface area (Å²) in [6.45, 7) is 3.56. The molecular weight excluding hydrogens is 278 g/mol. The zero-order valence-electron chi connectivity index (χ0n) is 13.0. The lowest BCUT2D eigenvalue weighted by atomic mass is 9.81. The van der Waals surface area contributed by atoms with Gasteiger partial charge in [-0.3, -0.25) is 9.69 Å². The first-order valence-corrected chi connectivity index (χ1v) is 7.96. The first kappa shape index (κ1) is 15.0. The van der Waals surface area contributed by atoms with Gasteiger partial charge in [-0.1, -0.05) is 37.3 Å². The molecule has 1 aromatic rings. The number of benzene rings is 1. The summed E-state index contributed by atoms with van der Waals surface area (Å²) in [7, 11) is 0. The van der Waals surface area contributed by atoms with E-state index in [2.05, 4.69) is 47.9 Å². The Hall–Kier alpha value is -1.88. The summed E-state index contributed by atoms with van der Waals surface area (Å²) >= 11 is 0. The van der Waals surface area contributed by atoms with Gasteiger partial charge in [0.05, 0.1) is 6.54 Å². The third-order valence-electron chi connectivity index (χ3n) is 4.92. The summed E-state index contributed by atoms with van der Waals surface area (Å²) in [5.41, 5.74) is 1.62. The fourth-order valence-corrected chi connectivity index (χ4v) is 3.58. The number of hydrogen-bond acceptors (Lipinski definition) is 3. The lowest BCUT2D eigenvalue weighted by molar-refractivity contribution is -0.124. The van der Waals surface area contributed by atoms with E-state index in [9.17, 15) is 9.59 Å². The summed E-state index contributed by atoms with van der Waals surface area (Å²) in [6.07, 6.45) is 3.39. The van der Waals surface area contributed by atoms with E-state index < -0.39 is 0 Å². The molecule has 3 amide bonds. The van der Waals surface area contributed by atoms with Crippen LogP contribution in [0.2, 0.25) is 0 Å². The van der Waals surface area contributed by atoms with Gasteiger partial charge in [0, 0.05) is 19.1 Å². The summed E-state index contributed by atoms with van der Waals surface area (Å²) in [4.78, 5) is 24.3. The van der Waals surface area contributed by atoms with E-state index >= 15 is 0 Å². The topological polar surface area (TPSA) is 61.4 Å². The molecule has 2 unspecified atom stereocenters. The molecule has 3 rings (SSSR count). The van der Waals surface area contributed by atoms with E-state index in [0.717, 1.165) is 19.3 Å². The van der Waals surface area contributed by atoms with Crippen LogP contribution in [0.25, 0.3) is 0 Å². The van der Waals surface area contributed by atoms with Gasteiger partial charge < -0.3 is 10.6 Å². The number of nitrogens with zero attached hydrogens (tertiary/aromatic N) is 1. The molecule has 1 saturated heterocycles. The number of urea groups is 1. The first-order chi connectivity index (χ1) is 10.6. The maximum atomic E-state index is 11.5. The van der Waals surface area contributed by atoms with Crippen molar-refractivity contribution < 1.29 is 9.59 Å². The van der Waals surface area contributed by atoms with Crippen molar-refractivity contribution >= 4 is 11.9 Å². The molecule has 5 nitrogen and oxygen atoms in total. The van der Waals surface area contributed by atoms with Crippen LogP contribution < -0.4 is 10.6 Å². The molecule has 1 aliphatic carbocycles. The van der Waals surface area contributed by atoms with Crippen LogP contribution in [0, 0.1) is 0 Å². The second-order valence-corrected chi connectivity index (χ2v) is 6.52.